The van der Waals surface area contributed by atoms with Crippen molar-refractivity contribution in [1.82, 2.24) is 14.9 Å². The summed E-state index contributed by atoms with van der Waals surface area (Å²) >= 11 is 1.56. The fourth-order valence-electron chi connectivity index (χ4n) is 3.13. The molecule has 0 atom stereocenters. The molecule has 9 heteroatoms. The first-order chi connectivity index (χ1) is 15.0. The topological polar surface area (TPSA) is 82.2 Å². The molecule has 3 aromatic heterocycles. The number of nitrogens with one attached hydrogen (secondary N) is 1. The Bertz CT molecular complexity index is 1170. The van der Waals surface area contributed by atoms with Crippen molar-refractivity contribution in [2.75, 3.05) is 11.9 Å². The van der Waals surface area contributed by atoms with Crippen molar-refractivity contribution >= 4 is 22.9 Å². The fraction of sp³-hybridized carbons (Fsp3) is 0.227. The minimum absolute atomic E-state index is 0.122. The Morgan fingerprint density at radius 1 is 1.26 bits per heavy atom. The molecule has 0 unspecified atom stereocenters. The Hall–Kier alpha value is -3.30. The molecule has 1 N–H and O–H groups in total. The molecular weight excluding hydrogens is 419 g/mol. The van der Waals surface area contributed by atoms with Crippen LogP contribution in [0.25, 0.3) is 10.6 Å². The molecule has 0 radical (unpaired) electrons. The molecule has 0 aliphatic rings. The number of nitrogens with zero attached hydrogens (tertiary/aromatic N) is 3. The number of halogens is 1. The van der Waals surface area contributed by atoms with Crippen molar-refractivity contribution in [3.63, 3.8) is 0 Å². The maximum atomic E-state index is 13.1. The Balaban J connectivity index is 1.31. The standard InChI is InChI=1S/C22H21FN4O3S/c1-14-22(15(2)27(25-14)11-16-5-7-17(23)8-6-16)24-21(28)13-29-12-18-10-19(30-26-18)20-4-3-9-31-20/h3-10H,11-13H2,1-2H3,(H,24,28). The van der Waals surface area contributed by atoms with Gasteiger partial charge in [0, 0.05) is 6.07 Å². The van der Waals surface area contributed by atoms with E-state index >= 15 is 0 Å². The summed E-state index contributed by atoms with van der Waals surface area (Å²) in [6.07, 6.45) is 0. The molecule has 4 rings (SSSR count). The maximum absolute atomic E-state index is 13.1. The van der Waals surface area contributed by atoms with E-state index in [9.17, 15) is 9.18 Å². The van der Waals surface area contributed by atoms with Crippen molar-refractivity contribution in [2.24, 2.45) is 0 Å². The lowest BCUT2D eigenvalue weighted by atomic mass is 10.2. The van der Waals surface area contributed by atoms with Crippen LogP contribution in [0.15, 0.2) is 52.4 Å². The quantitative estimate of drug-likeness (QED) is 0.434. The first-order valence-electron chi connectivity index (χ1n) is 9.65. The van der Waals surface area contributed by atoms with Gasteiger partial charge in [0.15, 0.2) is 5.76 Å². The van der Waals surface area contributed by atoms with Gasteiger partial charge in [-0.1, -0.05) is 23.4 Å². The van der Waals surface area contributed by atoms with Crippen LogP contribution in [0.3, 0.4) is 0 Å². The summed E-state index contributed by atoms with van der Waals surface area (Å²) in [5.74, 6) is 0.116. The highest BCUT2D eigenvalue weighted by molar-refractivity contribution is 7.13. The molecule has 4 aromatic rings. The molecular formula is C22H21FN4O3S. The zero-order chi connectivity index (χ0) is 21.8. The molecule has 3 heterocycles. The van der Waals surface area contributed by atoms with E-state index in [4.69, 9.17) is 9.26 Å². The average molecular weight is 441 g/mol. The smallest absolute Gasteiger partial charge is 0.250 e. The summed E-state index contributed by atoms with van der Waals surface area (Å²) in [4.78, 5) is 13.3. The van der Waals surface area contributed by atoms with Gasteiger partial charge in [-0.3, -0.25) is 9.48 Å². The Labute approximate surface area is 182 Å². The first-order valence-corrected chi connectivity index (χ1v) is 10.5. The number of hydrogen-bond donors (Lipinski definition) is 1. The largest absolute Gasteiger partial charge is 0.365 e. The highest BCUT2D eigenvalue weighted by atomic mass is 32.1. The predicted molar refractivity (Wildman–Crippen MR) is 115 cm³/mol. The number of carbonyl (C=O) groups is 1. The lowest BCUT2D eigenvalue weighted by molar-refractivity contribution is -0.121. The van der Waals surface area contributed by atoms with Crippen molar-refractivity contribution in [1.29, 1.82) is 0 Å². The zero-order valence-corrected chi connectivity index (χ0v) is 17.9. The van der Waals surface area contributed by atoms with Crippen molar-refractivity contribution in [2.45, 2.75) is 27.0 Å². The number of rotatable bonds is 8. The number of aromatic nitrogens is 3. The molecule has 160 valence electrons. The maximum Gasteiger partial charge on any atom is 0.250 e. The van der Waals surface area contributed by atoms with E-state index in [2.05, 4.69) is 15.6 Å². The number of hydrogen-bond acceptors (Lipinski definition) is 6. The van der Waals surface area contributed by atoms with Gasteiger partial charge in [-0.05, 0) is 43.0 Å². The van der Waals surface area contributed by atoms with Crippen LogP contribution in [-0.2, 0) is 22.7 Å². The third-order valence-electron chi connectivity index (χ3n) is 4.70. The van der Waals surface area contributed by atoms with E-state index in [0.717, 1.165) is 16.1 Å². The molecule has 0 saturated heterocycles. The van der Waals surface area contributed by atoms with Gasteiger partial charge < -0.3 is 14.6 Å². The summed E-state index contributed by atoms with van der Waals surface area (Å²) in [6.45, 7) is 4.24. The van der Waals surface area contributed by atoms with Crippen molar-refractivity contribution in [3.05, 3.63) is 76.3 Å². The molecule has 0 aliphatic heterocycles. The van der Waals surface area contributed by atoms with Gasteiger partial charge >= 0.3 is 0 Å². The highest BCUT2D eigenvalue weighted by Gasteiger charge is 2.15. The predicted octanol–water partition coefficient (Wildman–Crippen LogP) is 4.56. The molecule has 1 amide bonds. The number of thiophene rings is 1. The summed E-state index contributed by atoms with van der Waals surface area (Å²) < 4.78 is 25.7. The van der Waals surface area contributed by atoms with Crippen LogP contribution in [0.2, 0.25) is 0 Å². The lowest BCUT2D eigenvalue weighted by Gasteiger charge is -2.07. The van der Waals surface area contributed by atoms with E-state index in [1.165, 1.54) is 12.1 Å². The SMILES string of the molecule is Cc1nn(Cc2ccc(F)cc2)c(C)c1NC(=O)COCc1cc(-c2cccs2)on1. The van der Waals surface area contributed by atoms with Crippen LogP contribution < -0.4 is 5.32 Å². The van der Waals surface area contributed by atoms with E-state index in [0.29, 0.717) is 29.4 Å². The molecule has 0 spiro atoms. The van der Waals surface area contributed by atoms with Crippen LogP contribution in [0.1, 0.15) is 22.6 Å². The molecule has 0 saturated carbocycles. The highest BCUT2D eigenvalue weighted by Crippen LogP contribution is 2.25. The van der Waals surface area contributed by atoms with Crippen LogP contribution in [0.4, 0.5) is 10.1 Å². The minimum Gasteiger partial charge on any atom is -0.365 e. The molecule has 0 fully saturated rings. The van der Waals surface area contributed by atoms with Crippen molar-refractivity contribution in [3.8, 4) is 10.6 Å². The van der Waals surface area contributed by atoms with E-state index < -0.39 is 0 Å². The monoisotopic (exact) mass is 440 g/mol. The molecule has 1 aromatic carbocycles. The Kier molecular flexibility index (Phi) is 6.24. The third-order valence-corrected chi connectivity index (χ3v) is 5.58. The van der Waals surface area contributed by atoms with E-state index in [1.807, 2.05) is 31.4 Å². The van der Waals surface area contributed by atoms with Crippen LogP contribution >= 0.6 is 11.3 Å². The van der Waals surface area contributed by atoms with Gasteiger partial charge in [0.1, 0.15) is 18.1 Å². The minimum atomic E-state index is -0.283. The van der Waals surface area contributed by atoms with Crippen LogP contribution in [0.5, 0.6) is 0 Å². The summed E-state index contributed by atoms with van der Waals surface area (Å²) in [6, 6.07) is 12.0. The van der Waals surface area contributed by atoms with Gasteiger partial charge in [-0.15, -0.1) is 11.3 Å². The second-order valence-corrected chi connectivity index (χ2v) is 7.98. The van der Waals surface area contributed by atoms with E-state index in [-0.39, 0.29) is 24.9 Å². The molecule has 7 nitrogen and oxygen atoms in total. The lowest BCUT2D eigenvalue weighted by Crippen LogP contribution is -2.19. The number of amides is 1. The summed E-state index contributed by atoms with van der Waals surface area (Å²) in [5.41, 5.74) is 3.70. The number of anilines is 1. The van der Waals surface area contributed by atoms with Gasteiger partial charge in [-0.2, -0.15) is 5.10 Å². The number of ether oxygens (including phenoxy) is 1. The summed E-state index contributed by atoms with van der Waals surface area (Å²) in [7, 11) is 0. The average Bonchev–Trinajstić information content (AvgIpc) is 3.48. The second kappa shape index (κ2) is 9.23. The van der Waals surface area contributed by atoms with Gasteiger partial charge in [0.2, 0.25) is 5.91 Å². The number of aryl methyl sites for hydroxylation is 1. The molecule has 0 aliphatic carbocycles. The van der Waals surface area contributed by atoms with Gasteiger partial charge in [0.25, 0.3) is 0 Å². The fourth-order valence-corrected chi connectivity index (χ4v) is 3.81. The zero-order valence-electron chi connectivity index (χ0n) is 17.1. The van der Waals surface area contributed by atoms with Crippen LogP contribution in [-0.4, -0.2) is 27.5 Å². The van der Waals surface area contributed by atoms with Crippen molar-refractivity contribution < 1.29 is 18.4 Å². The third kappa shape index (κ3) is 5.07. The summed E-state index contributed by atoms with van der Waals surface area (Å²) in [5, 5.41) is 13.3. The second-order valence-electron chi connectivity index (χ2n) is 7.03. The van der Waals surface area contributed by atoms with Gasteiger partial charge in [0.05, 0.1) is 35.1 Å². The van der Waals surface area contributed by atoms with Gasteiger partial charge in [-0.25, -0.2) is 4.39 Å². The van der Waals surface area contributed by atoms with E-state index in [1.54, 1.807) is 34.2 Å². The number of benzene rings is 1. The first kappa shape index (κ1) is 21.0. The molecule has 31 heavy (non-hydrogen) atoms. The molecule has 0 bridgehead atoms. The Morgan fingerprint density at radius 2 is 2.06 bits per heavy atom. The normalized spacial score (nSPS) is 11.1. The van der Waals surface area contributed by atoms with Crippen LogP contribution in [0, 0.1) is 19.7 Å². The number of carbonyl (C=O) groups excluding carboxylic acids is 1. The Morgan fingerprint density at radius 3 is 2.81 bits per heavy atom.